The molecule has 2 atom stereocenters. The molecule has 1 fully saturated rings. The van der Waals surface area contributed by atoms with E-state index in [0.29, 0.717) is 13.0 Å². The van der Waals surface area contributed by atoms with E-state index in [-0.39, 0.29) is 6.10 Å². The van der Waals surface area contributed by atoms with Crippen molar-refractivity contribution < 1.29 is 14.6 Å². The van der Waals surface area contributed by atoms with E-state index in [4.69, 9.17) is 15.6 Å². The molecule has 1 aromatic carbocycles. The number of carboxylic acids is 1. The molecule has 1 aliphatic heterocycles. The summed E-state index contributed by atoms with van der Waals surface area (Å²) in [6.07, 6.45) is -0.0522. The minimum Gasteiger partial charge on any atom is -0.480 e. The molecular formula is C11H13NO3. The third-order valence-corrected chi connectivity index (χ3v) is 2.65. The zero-order chi connectivity index (χ0) is 10.9. The Hall–Kier alpha value is -1.39. The minimum absolute atomic E-state index is 0.299. The van der Waals surface area contributed by atoms with Crippen LogP contribution in [0.5, 0.6) is 0 Å². The molecule has 0 saturated carbocycles. The highest BCUT2D eigenvalue weighted by Crippen LogP contribution is 2.26. The van der Waals surface area contributed by atoms with Gasteiger partial charge < -0.3 is 15.6 Å². The summed E-state index contributed by atoms with van der Waals surface area (Å²) in [6, 6.07) is 9.35. The standard InChI is InChI=1S/C11H13NO3/c12-11(10(13)14,9-7-15-9)6-8-4-2-1-3-5-8/h1-5,9H,6-7,12H2,(H,13,14)/t9-,11+/m1/s1. The van der Waals surface area contributed by atoms with Gasteiger partial charge in [-0.25, -0.2) is 0 Å². The lowest BCUT2D eigenvalue weighted by Gasteiger charge is -2.22. The van der Waals surface area contributed by atoms with Gasteiger partial charge in [-0.1, -0.05) is 30.3 Å². The average Bonchev–Trinajstić information content (AvgIpc) is 3.02. The van der Waals surface area contributed by atoms with Crippen molar-refractivity contribution in [1.29, 1.82) is 0 Å². The van der Waals surface area contributed by atoms with Gasteiger partial charge in [-0.3, -0.25) is 4.79 Å². The van der Waals surface area contributed by atoms with Gasteiger partial charge >= 0.3 is 5.97 Å². The Morgan fingerprint density at radius 3 is 2.60 bits per heavy atom. The molecule has 4 heteroatoms. The van der Waals surface area contributed by atoms with Crippen LogP contribution in [0.1, 0.15) is 5.56 Å². The number of hydrogen-bond donors (Lipinski definition) is 2. The first-order valence-corrected chi connectivity index (χ1v) is 4.81. The van der Waals surface area contributed by atoms with Gasteiger partial charge in [0, 0.05) is 6.42 Å². The Kier molecular flexibility index (Phi) is 2.46. The third kappa shape index (κ3) is 2.00. The number of rotatable bonds is 4. The normalized spacial score (nSPS) is 23.1. The maximum atomic E-state index is 11.1. The zero-order valence-corrected chi connectivity index (χ0v) is 8.22. The van der Waals surface area contributed by atoms with Crippen molar-refractivity contribution in [1.82, 2.24) is 0 Å². The number of epoxide rings is 1. The molecule has 0 radical (unpaired) electrons. The summed E-state index contributed by atoms with van der Waals surface area (Å²) in [7, 11) is 0. The second-order valence-corrected chi connectivity index (χ2v) is 3.83. The van der Waals surface area contributed by atoms with E-state index in [1.165, 1.54) is 0 Å². The molecule has 1 heterocycles. The topological polar surface area (TPSA) is 75.9 Å². The molecule has 0 spiro atoms. The molecule has 1 aliphatic rings. The maximum absolute atomic E-state index is 11.1. The second kappa shape index (κ2) is 3.64. The van der Waals surface area contributed by atoms with Gasteiger partial charge in [-0.2, -0.15) is 0 Å². The molecule has 0 aromatic heterocycles. The predicted octanol–water partition coefficient (Wildman–Crippen LogP) is 0.410. The van der Waals surface area contributed by atoms with Crippen molar-refractivity contribution in [3.8, 4) is 0 Å². The van der Waals surface area contributed by atoms with Gasteiger partial charge in [-0.05, 0) is 5.56 Å². The first-order chi connectivity index (χ1) is 7.13. The molecule has 2 rings (SSSR count). The van der Waals surface area contributed by atoms with Crippen molar-refractivity contribution in [2.45, 2.75) is 18.1 Å². The van der Waals surface area contributed by atoms with E-state index < -0.39 is 11.5 Å². The number of nitrogens with two attached hydrogens (primary N) is 1. The first kappa shape index (κ1) is 10.1. The highest BCUT2D eigenvalue weighted by Gasteiger charge is 2.50. The fourth-order valence-corrected chi connectivity index (χ4v) is 1.61. The van der Waals surface area contributed by atoms with Crippen LogP contribution in [-0.4, -0.2) is 29.3 Å². The number of hydrogen-bond acceptors (Lipinski definition) is 3. The highest BCUT2D eigenvalue weighted by atomic mass is 16.6. The number of carbonyl (C=O) groups is 1. The van der Waals surface area contributed by atoms with E-state index in [1.54, 1.807) is 0 Å². The van der Waals surface area contributed by atoms with Gasteiger partial charge in [0.25, 0.3) is 0 Å². The molecule has 0 unspecified atom stereocenters. The summed E-state index contributed by atoms with van der Waals surface area (Å²) in [4.78, 5) is 11.1. The molecule has 0 amide bonds. The molecule has 1 saturated heterocycles. The first-order valence-electron chi connectivity index (χ1n) is 4.81. The molecular weight excluding hydrogens is 194 g/mol. The number of carboxylic acid groups (broad SMARTS) is 1. The number of aliphatic carboxylic acids is 1. The van der Waals surface area contributed by atoms with Crippen molar-refractivity contribution in [2.24, 2.45) is 5.73 Å². The van der Waals surface area contributed by atoms with Crippen LogP contribution in [0.4, 0.5) is 0 Å². The van der Waals surface area contributed by atoms with Crippen LogP contribution in [0.15, 0.2) is 30.3 Å². The van der Waals surface area contributed by atoms with Crippen molar-refractivity contribution in [3.63, 3.8) is 0 Å². The van der Waals surface area contributed by atoms with Crippen LogP contribution in [0.3, 0.4) is 0 Å². The molecule has 15 heavy (non-hydrogen) atoms. The lowest BCUT2D eigenvalue weighted by Crippen LogP contribution is -2.54. The predicted molar refractivity (Wildman–Crippen MR) is 54.4 cm³/mol. The van der Waals surface area contributed by atoms with E-state index in [0.717, 1.165) is 5.56 Å². The number of benzene rings is 1. The monoisotopic (exact) mass is 207 g/mol. The summed E-state index contributed by atoms with van der Waals surface area (Å²) in [5, 5.41) is 9.10. The lowest BCUT2D eigenvalue weighted by molar-refractivity contribution is -0.144. The second-order valence-electron chi connectivity index (χ2n) is 3.83. The maximum Gasteiger partial charge on any atom is 0.326 e. The molecule has 0 aliphatic carbocycles. The van der Waals surface area contributed by atoms with E-state index >= 15 is 0 Å². The van der Waals surface area contributed by atoms with Crippen LogP contribution >= 0.6 is 0 Å². The summed E-state index contributed by atoms with van der Waals surface area (Å²) in [6.45, 7) is 0.440. The van der Waals surface area contributed by atoms with E-state index in [2.05, 4.69) is 0 Å². The Morgan fingerprint density at radius 1 is 1.53 bits per heavy atom. The molecule has 3 N–H and O–H groups in total. The summed E-state index contributed by atoms with van der Waals surface area (Å²) < 4.78 is 5.00. The summed E-state index contributed by atoms with van der Waals surface area (Å²) >= 11 is 0. The van der Waals surface area contributed by atoms with Crippen LogP contribution < -0.4 is 5.73 Å². The average molecular weight is 207 g/mol. The SMILES string of the molecule is N[C@](Cc1ccccc1)(C(=O)O)[C@H]1CO1. The summed E-state index contributed by atoms with van der Waals surface area (Å²) in [5.41, 5.74) is 5.48. The minimum atomic E-state index is -1.29. The highest BCUT2D eigenvalue weighted by molar-refractivity contribution is 5.80. The smallest absolute Gasteiger partial charge is 0.326 e. The quantitative estimate of drug-likeness (QED) is 0.701. The van der Waals surface area contributed by atoms with Crippen LogP contribution in [0.2, 0.25) is 0 Å². The van der Waals surface area contributed by atoms with Crippen molar-refractivity contribution in [2.75, 3.05) is 6.61 Å². The number of ether oxygens (including phenoxy) is 1. The van der Waals surface area contributed by atoms with E-state index in [1.807, 2.05) is 30.3 Å². The summed E-state index contributed by atoms with van der Waals surface area (Å²) in [5.74, 6) is -1.01. The Bertz CT molecular complexity index is 361. The molecule has 0 bridgehead atoms. The fourth-order valence-electron chi connectivity index (χ4n) is 1.61. The fraction of sp³-hybridized carbons (Fsp3) is 0.364. The third-order valence-electron chi connectivity index (χ3n) is 2.65. The van der Waals surface area contributed by atoms with Gasteiger partial charge in [0.2, 0.25) is 0 Å². The van der Waals surface area contributed by atoms with Crippen molar-refractivity contribution >= 4 is 5.97 Å². The largest absolute Gasteiger partial charge is 0.480 e. The Balaban J connectivity index is 2.17. The Labute approximate surface area is 87.7 Å². The molecule has 80 valence electrons. The molecule has 4 nitrogen and oxygen atoms in total. The molecule has 1 aromatic rings. The lowest BCUT2D eigenvalue weighted by atomic mass is 9.89. The Morgan fingerprint density at radius 2 is 2.13 bits per heavy atom. The van der Waals surface area contributed by atoms with Crippen LogP contribution in [0.25, 0.3) is 0 Å². The van der Waals surface area contributed by atoms with Gasteiger partial charge in [0.15, 0.2) is 0 Å². The van der Waals surface area contributed by atoms with Gasteiger partial charge in [-0.15, -0.1) is 0 Å². The van der Waals surface area contributed by atoms with Crippen LogP contribution in [-0.2, 0) is 16.0 Å². The van der Waals surface area contributed by atoms with Gasteiger partial charge in [0.1, 0.15) is 11.6 Å². The zero-order valence-electron chi connectivity index (χ0n) is 8.22. The van der Waals surface area contributed by atoms with Crippen molar-refractivity contribution in [3.05, 3.63) is 35.9 Å². The van der Waals surface area contributed by atoms with E-state index in [9.17, 15) is 4.79 Å². The van der Waals surface area contributed by atoms with Gasteiger partial charge in [0.05, 0.1) is 6.61 Å². The van der Waals surface area contributed by atoms with Crippen LogP contribution in [0, 0.1) is 0 Å².